The molecule has 1 aliphatic carbocycles. The van der Waals surface area contributed by atoms with Crippen LogP contribution in [0.1, 0.15) is 68.8 Å². The zero-order valence-electron chi connectivity index (χ0n) is 18.4. The molecule has 0 atom stereocenters. The number of hydrogen-bond acceptors (Lipinski definition) is 2. The van der Waals surface area contributed by atoms with Crippen LogP contribution in [0.25, 0.3) is 5.57 Å². The SMILES string of the molecule is Cc1ccc(C2=CCC(C)(C)c3cc(C(=O)C#Cc4ccccc4C(=O)O)ccc32)cc1. The second-order valence-electron chi connectivity index (χ2n) is 8.76. The van der Waals surface area contributed by atoms with E-state index in [-0.39, 0.29) is 16.8 Å². The lowest BCUT2D eigenvalue weighted by atomic mass is 9.71. The minimum Gasteiger partial charge on any atom is -0.478 e. The Labute approximate surface area is 188 Å². The van der Waals surface area contributed by atoms with Gasteiger partial charge in [-0.25, -0.2) is 4.79 Å². The van der Waals surface area contributed by atoms with Crippen LogP contribution in [0.15, 0.2) is 72.8 Å². The zero-order chi connectivity index (χ0) is 22.9. The van der Waals surface area contributed by atoms with Crippen LogP contribution in [0.3, 0.4) is 0 Å². The standard InChI is InChI=1S/C29H24O3/c1-19-8-10-21(11-9-19)23-16-17-29(2,3)26-18-22(12-14-25(23)26)27(30)15-13-20-6-4-5-7-24(20)28(31)32/h4-12,14,16,18H,17H2,1-3H3,(H,31,32). The summed E-state index contributed by atoms with van der Waals surface area (Å²) >= 11 is 0. The maximum atomic E-state index is 12.8. The minimum absolute atomic E-state index is 0.0900. The second-order valence-corrected chi connectivity index (χ2v) is 8.76. The normalized spacial score (nSPS) is 13.9. The van der Waals surface area contributed by atoms with Gasteiger partial charge in [0.1, 0.15) is 0 Å². The van der Waals surface area contributed by atoms with E-state index in [0.717, 1.165) is 23.1 Å². The Kier molecular flexibility index (Phi) is 5.55. The first-order valence-corrected chi connectivity index (χ1v) is 10.6. The van der Waals surface area contributed by atoms with E-state index in [2.05, 4.69) is 63.0 Å². The summed E-state index contributed by atoms with van der Waals surface area (Å²) in [5, 5.41) is 9.31. The summed E-state index contributed by atoms with van der Waals surface area (Å²) < 4.78 is 0. The van der Waals surface area contributed by atoms with Crippen molar-refractivity contribution >= 4 is 17.3 Å². The molecule has 4 rings (SSSR count). The lowest BCUT2D eigenvalue weighted by molar-refractivity contribution is 0.0696. The van der Waals surface area contributed by atoms with E-state index in [0.29, 0.717) is 11.1 Å². The largest absolute Gasteiger partial charge is 0.478 e. The number of Topliss-reactive ketones (excluding diaryl/α,β-unsaturated/α-hetero) is 1. The van der Waals surface area contributed by atoms with Crippen LogP contribution in [0, 0.1) is 18.8 Å². The van der Waals surface area contributed by atoms with E-state index in [4.69, 9.17) is 0 Å². The van der Waals surface area contributed by atoms with Gasteiger partial charge in [0.15, 0.2) is 0 Å². The summed E-state index contributed by atoms with van der Waals surface area (Å²) in [5.41, 5.74) is 6.64. The molecule has 0 saturated heterocycles. The van der Waals surface area contributed by atoms with Crippen LogP contribution >= 0.6 is 0 Å². The van der Waals surface area contributed by atoms with Crippen molar-refractivity contribution in [1.29, 1.82) is 0 Å². The fourth-order valence-corrected chi connectivity index (χ4v) is 4.04. The van der Waals surface area contributed by atoms with Crippen molar-refractivity contribution in [2.24, 2.45) is 0 Å². The molecule has 0 radical (unpaired) electrons. The summed E-state index contributed by atoms with van der Waals surface area (Å²) in [6, 6.07) is 20.7. The van der Waals surface area contributed by atoms with E-state index >= 15 is 0 Å². The second kappa shape index (κ2) is 8.32. The average Bonchev–Trinajstić information content (AvgIpc) is 2.78. The highest BCUT2D eigenvalue weighted by Gasteiger charge is 2.29. The number of carbonyl (C=O) groups excluding carboxylic acids is 1. The molecule has 0 amide bonds. The lowest BCUT2D eigenvalue weighted by Crippen LogP contribution is -2.22. The first-order chi connectivity index (χ1) is 15.3. The predicted octanol–water partition coefficient (Wildman–Crippen LogP) is 6.04. The summed E-state index contributed by atoms with van der Waals surface area (Å²) in [5.74, 6) is 3.98. The quantitative estimate of drug-likeness (QED) is 0.415. The molecule has 0 unspecified atom stereocenters. The average molecular weight is 421 g/mol. The van der Waals surface area contributed by atoms with Gasteiger partial charge in [-0.1, -0.05) is 73.9 Å². The monoisotopic (exact) mass is 420 g/mol. The summed E-state index contributed by atoms with van der Waals surface area (Å²) in [6.45, 7) is 6.43. The summed E-state index contributed by atoms with van der Waals surface area (Å²) in [7, 11) is 0. The number of rotatable bonds is 3. The highest BCUT2D eigenvalue weighted by molar-refractivity contribution is 6.10. The van der Waals surface area contributed by atoms with E-state index in [9.17, 15) is 14.7 Å². The molecule has 1 aliphatic rings. The van der Waals surface area contributed by atoms with Crippen molar-refractivity contribution in [3.63, 3.8) is 0 Å². The van der Waals surface area contributed by atoms with Crippen LogP contribution in [0.5, 0.6) is 0 Å². The maximum Gasteiger partial charge on any atom is 0.336 e. The van der Waals surface area contributed by atoms with Crippen LogP contribution in [-0.2, 0) is 5.41 Å². The van der Waals surface area contributed by atoms with Gasteiger partial charge in [-0.15, -0.1) is 0 Å². The molecule has 0 saturated carbocycles. The molecule has 32 heavy (non-hydrogen) atoms. The van der Waals surface area contributed by atoms with E-state index in [1.54, 1.807) is 18.2 Å². The van der Waals surface area contributed by atoms with Crippen molar-refractivity contribution < 1.29 is 14.7 Å². The van der Waals surface area contributed by atoms with Crippen LogP contribution in [0.4, 0.5) is 0 Å². The fourth-order valence-electron chi connectivity index (χ4n) is 4.04. The van der Waals surface area contributed by atoms with E-state index < -0.39 is 5.97 Å². The van der Waals surface area contributed by atoms with Crippen molar-refractivity contribution in [3.05, 3.63) is 112 Å². The fraction of sp³-hybridized carbons (Fsp3) is 0.172. The zero-order valence-corrected chi connectivity index (χ0v) is 18.4. The van der Waals surface area contributed by atoms with Gasteiger partial charge in [-0.3, -0.25) is 4.79 Å². The van der Waals surface area contributed by atoms with Gasteiger partial charge in [0, 0.05) is 11.1 Å². The molecular weight excluding hydrogens is 396 g/mol. The topological polar surface area (TPSA) is 54.4 Å². The number of carboxylic acids is 1. The molecule has 0 heterocycles. The minimum atomic E-state index is -1.06. The number of aromatic carboxylic acids is 1. The molecule has 0 bridgehead atoms. The Hall–Kier alpha value is -3.90. The van der Waals surface area contributed by atoms with Crippen molar-refractivity contribution in [3.8, 4) is 11.8 Å². The molecule has 3 nitrogen and oxygen atoms in total. The molecule has 158 valence electrons. The Morgan fingerprint density at radius 2 is 1.69 bits per heavy atom. The number of ketones is 1. The molecular formula is C29H24O3. The van der Waals surface area contributed by atoms with E-state index in [1.807, 2.05) is 18.2 Å². The van der Waals surface area contributed by atoms with Crippen LogP contribution < -0.4 is 0 Å². The highest BCUT2D eigenvalue weighted by Crippen LogP contribution is 2.41. The van der Waals surface area contributed by atoms with Gasteiger partial charge in [0.25, 0.3) is 0 Å². The smallest absolute Gasteiger partial charge is 0.336 e. The Morgan fingerprint density at radius 3 is 2.41 bits per heavy atom. The van der Waals surface area contributed by atoms with Crippen molar-refractivity contribution in [2.45, 2.75) is 32.6 Å². The van der Waals surface area contributed by atoms with Crippen LogP contribution in [-0.4, -0.2) is 16.9 Å². The molecule has 0 fully saturated rings. The summed E-state index contributed by atoms with van der Waals surface area (Å²) in [4.78, 5) is 24.2. The van der Waals surface area contributed by atoms with Gasteiger partial charge in [0.2, 0.25) is 5.78 Å². The molecule has 0 aromatic heterocycles. The first kappa shape index (κ1) is 21.3. The first-order valence-electron chi connectivity index (χ1n) is 10.6. The molecule has 3 heteroatoms. The third-order valence-corrected chi connectivity index (χ3v) is 5.95. The molecule has 1 N–H and O–H groups in total. The number of benzene rings is 3. The van der Waals surface area contributed by atoms with Crippen molar-refractivity contribution in [1.82, 2.24) is 0 Å². The predicted molar refractivity (Wildman–Crippen MR) is 127 cm³/mol. The van der Waals surface area contributed by atoms with E-state index in [1.165, 1.54) is 17.2 Å². The number of carbonyl (C=O) groups is 2. The number of allylic oxidation sites excluding steroid dienone is 1. The highest BCUT2D eigenvalue weighted by atomic mass is 16.4. The third kappa shape index (κ3) is 4.13. The Morgan fingerprint density at radius 1 is 0.969 bits per heavy atom. The van der Waals surface area contributed by atoms with Crippen molar-refractivity contribution in [2.75, 3.05) is 0 Å². The van der Waals surface area contributed by atoms with Gasteiger partial charge < -0.3 is 5.11 Å². The Bertz CT molecular complexity index is 1310. The Balaban J connectivity index is 1.71. The van der Waals surface area contributed by atoms with Crippen LogP contribution in [0.2, 0.25) is 0 Å². The van der Waals surface area contributed by atoms with Gasteiger partial charge >= 0.3 is 5.97 Å². The molecule has 0 aliphatic heterocycles. The molecule has 0 spiro atoms. The number of carboxylic acid groups (broad SMARTS) is 1. The maximum absolute atomic E-state index is 12.8. The summed E-state index contributed by atoms with van der Waals surface area (Å²) in [6.07, 6.45) is 3.15. The third-order valence-electron chi connectivity index (χ3n) is 5.95. The van der Waals surface area contributed by atoms with Gasteiger partial charge in [0.05, 0.1) is 5.56 Å². The molecule has 3 aromatic rings. The number of fused-ring (bicyclic) bond motifs is 1. The molecule has 3 aromatic carbocycles. The van der Waals surface area contributed by atoms with Gasteiger partial charge in [-0.2, -0.15) is 0 Å². The number of aryl methyl sites for hydroxylation is 1. The van der Waals surface area contributed by atoms with Gasteiger partial charge in [-0.05, 0) is 71.2 Å². The number of hydrogen-bond donors (Lipinski definition) is 1. The lowest BCUT2D eigenvalue weighted by Gasteiger charge is -2.32.